The Bertz CT molecular complexity index is 2480. The van der Waals surface area contributed by atoms with Crippen LogP contribution in [0.25, 0.3) is 33.0 Å². The molecule has 0 radical (unpaired) electrons. The molecule has 0 N–H and O–H groups in total. The van der Waals surface area contributed by atoms with Gasteiger partial charge in [-0.3, -0.25) is 0 Å². The number of hydrogen-bond donors (Lipinski definition) is 0. The summed E-state index contributed by atoms with van der Waals surface area (Å²) in [5.41, 5.74) is 8.58. The third-order valence-corrected chi connectivity index (χ3v) is 11.0. The normalized spacial score (nSPS) is 22.6. The first-order valence-electron chi connectivity index (χ1n) is 16.7. The predicted molar refractivity (Wildman–Crippen MR) is 186 cm³/mol. The number of aromatic nitrogens is 1. The van der Waals surface area contributed by atoms with Crippen LogP contribution >= 0.6 is 0 Å². The molecule has 0 amide bonds. The van der Waals surface area contributed by atoms with Crippen molar-refractivity contribution < 1.29 is 9.15 Å². The fraction of sp³-hybridized carbons (Fsp3) is 0.190. The van der Waals surface area contributed by atoms with Gasteiger partial charge in [0.15, 0.2) is 6.23 Å². The molecule has 4 heterocycles. The van der Waals surface area contributed by atoms with Crippen molar-refractivity contribution in [1.82, 2.24) is 4.57 Å². The minimum atomic E-state index is -0.187. The maximum absolute atomic E-state index is 10.1. The first-order chi connectivity index (χ1) is 23.7. The van der Waals surface area contributed by atoms with Gasteiger partial charge >= 0.3 is 0 Å². The molecule has 230 valence electrons. The van der Waals surface area contributed by atoms with Gasteiger partial charge in [-0.2, -0.15) is 10.5 Å². The summed E-state index contributed by atoms with van der Waals surface area (Å²) in [5, 5.41) is 23.6. The van der Waals surface area contributed by atoms with Crippen LogP contribution in [-0.2, 0) is 0 Å². The van der Waals surface area contributed by atoms with E-state index >= 15 is 0 Å². The summed E-state index contributed by atoms with van der Waals surface area (Å²) in [4.78, 5) is 2.53. The molecule has 5 aromatic carbocycles. The summed E-state index contributed by atoms with van der Waals surface area (Å²) in [6.45, 7) is 0. The maximum Gasteiger partial charge on any atom is 0.209 e. The lowest BCUT2D eigenvalue weighted by Crippen LogP contribution is -2.50. The van der Waals surface area contributed by atoms with Gasteiger partial charge in [-0.1, -0.05) is 72.8 Å². The molecule has 0 bridgehead atoms. The van der Waals surface area contributed by atoms with Crippen LogP contribution in [0.5, 0.6) is 5.75 Å². The lowest BCUT2D eigenvalue weighted by atomic mass is 9.74. The number of furan rings is 1. The Balaban J connectivity index is 1.23. The van der Waals surface area contributed by atoms with Crippen LogP contribution in [0, 0.1) is 22.7 Å². The molecular weight excluding hydrogens is 592 g/mol. The van der Waals surface area contributed by atoms with E-state index in [1.54, 1.807) is 6.07 Å². The monoisotopic (exact) mass is 622 g/mol. The number of nitrogens with zero attached hydrogens (tertiary/aromatic N) is 4. The Morgan fingerprint density at radius 3 is 2.21 bits per heavy atom. The average molecular weight is 623 g/mol. The van der Waals surface area contributed by atoms with Crippen LogP contribution < -0.4 is 9.64 Å². The van der Waals surface area contributed by atoms with Gasteiger partial charge in [-0.25, -0.2) is 0 Å². The van der Waals surface area contributed by atoms with Crippen LogP contribution in [0.4, 0.5) is 5.69 Å². The zero-order valence-corrected chi connectivity index (χ0v) is 26.1. The third kappa shape index (κ3) is 3.72. The highest BCUT2D eigenvalue weighted by Crippen LogP contribution is 2.57. The highest BCUT2D eigenvalue weighted by Gasteiger charge is 2.52. The summed E-state index contributed by atoms with van der Waals surface area (Å²) in [5.74, 6) is 0.966. The van der Waals surface area contributed by atoms with Crippen LogP contribution in [-0.4, -0.2) is 16.8 Å². The van der Waals surface area contributed by atoms with E-state index in [0.717, 1.165) is 58.2 Å². The van der Waals surface area contributed by atoms with Crippen molar-refractivity contribution in [3.05, 3.63) is 143 Å². The lowest BCUT2D eigenvalue weighted by molar-refractivity contribution is 0.175. The van der Waals surface area contributed by atoms with Gasteiger partial charge in [0.1, 0.15) is 11.3 Å². The van der Waals surface area contributed by atoms with Gasteiger partial charge in [0.2, 0.25) is 5.71 Å². The highest BCUT2D eigenvalue weighted by atomic mass is 16.5. The molecule has 10 rings (SSSR count). The Kier molecular flexibility index (Phi) is 5.81. The number of rotatable bonds is 3. The number of hydrogen-bond acceptors (Lipinski definition) is 5. The van der Waals surface area contributed by atoms with Crippen molar-refractivity contribution in [3.63, 3.8) is 0 Å². The molecule has 2 aromatic heterocycles. The fourth-order valence-corrected chi connectivity index (χ4v) is 9.19. The Morgan fingerprint density at radius 2 is 1.38 bits per heavy atom. The molecule has 0 saturated heterocycles. The van der Waals surface area contributed by atoms with E-state index in [1.807, 2.05) is 30.3 Å². The third-order valence-electron chi connectivity index (χ3n) is 11.0. The van der Waals surface area contributed by atoms with E-state index in [-0.39, 0.29) is 30.1 Å². The van der Waals surface area contributed by atoms with E-state index in [2.05, 4.69) is 100 Å². The highest BCUT2D eigenvalue weighted by molar-refractivity contribution is 6.19. The second-order valence-electron chi connectivity index (χ2n) is 13.3. The van der Waals surface area contributed by atoms with Crippen molar-refractivity contribution >= 4 is 38.7 Å². The van der Waals surface area contributed by atoms with Gasteiger partial charge in [0.05, 0.1) is 40.1 Å². The summed E-state index contributed by atoms with van der Waals surface area (Å²) in [6.07, 6.45) is 2.69. The number of anilines is 1. The zero-order valence-electron chi connectivity index (χ0n) is 26.1. The van der Waals surface area contributed by atoms with Crippen molar-refractivity contribution in [3.8, 4) is 17.9 Å². The molecule has 1 aliphatic carbocycles. The van der Waals surface area contributed by atoms with Crippen LogP contribution in [0.15, 0.2) is 120 Å². The van der Waals surface area contributed by atoms with E-state index < -0.39 is 0 Å². The number of ether oxygens (including phenoxy) is 1. The molecule has 7 aromatic rings. The number of benzene rings is 5. The molecule has 1 fully saturated rings. The topological polar surface area (TPSA) is 78.1 Å². The predicted octanol–water partition coefficient (Wildman–Crippen LogP) is 9.53. The number of para-hydroxylation sites is 4. The molecule has 5 unspecified atom stereocenters. The smallest absolute Gasteiger partial charge is 0.209 e. The van der Waals surface area contributed by atoms with E-state index in [9.17, 15) is 10.5 Å². The molecule has 0 spiro atoms. The molecule has 3 aliphatic rings. The van der Waals surface area contributed by atoms with Crippen LogP contribution in [0.3, 0.4) is 0 Å². The van der Waals surface area contributed by atoms with Gasteiger partial charge in [0, 0.05) is 40.0 Å². The summed E-state index contributed by atoms with van der Waals surface area (Å²) in [7, 11) is 0. The summed E-state index contributed by atoms with van der Waals surface area (Å²) < 4.78 is 16.0. The molecule has 5 atom stereocenters. The minimum Gasteiger partial charge on any atom is -0.469 e. The SMILES string of the molecule is N#Cc1cc(C#N)cc(C2C(N3c4ccccc4C4c5ccccc5OC43)CCCC2n2c3ccccc3c3c4ccccc4oc32)c1. The maximum atomic E-state index is 10.1. The molecule has 1 saturated carbocycles. The standard InChI is InChI=1S/C42H30N4O2/c43-23-25-20-26(24-44)22-27(21-25)38-34(45-32-14-5-1-10-28(32)39-30-12-3-7-18-36(30)47-41(39)45)16-9-17-35(38)46-33-15-6-2-11-29(33)40-31-13-4-8-19-37(31)48-42(40)46/h1-8,10-15,18-22,34-35,38-39,41H,9,16-17H2. The van der Waals surface area contributed by atoms with Crippen molar-refractivity contribution in [2.75, 3.05) is 4.90 Å². The van der Waals surface area contributed by atoms with Crippen molar-refractivity contribution in [2.24, 2.45) is 0 Å². The largest absolute Gasteiger partial charge is 0.469 e. The van der Waals surface area contributed by atoms with Crippen LogP contribution in [0.2, 0.25) is 0 Å². The van der Waals surface area contributed by atoms with Crippen LogP contribution in [0.1, 0.15) is 65.0 Å². The zero-order chi connectivity index (χ0) is 31.9. The summed E-state index contributed by atoms with van der Waals surface area (Å²) >= 11 is 0. The second-order valence-corrected chi connectivity index (χ2v) is 13.3. The van der Waals surface area contributed by atoms with E-state index in [1.165, 1.54) is 22.2 Å². The number of fused-ring (bicyclic) bond motifs is 10. The molecule has 6 heteroatoms. The molecule has 6 nitrogen and oxygen atoms in total. The average Bonchev–Trinajstić information content (AvgIpc) is 3.87. The second kappa shape index (κ2) is 10.3. The summed E-state index contributed by atoms with van der Waals surface area (Å²) in [6, 6.07) is 44.4. The van der Waals surface area contributed by atoms with Gasteiger partial charge in [0.25, 0.3) is 0 Å². The molecule has 48 heavy (non-hydrogen) atoms. The number of nitriles is 2. The van der Waals surface area contributed by atoms with Gasteiger partial charge < -0.3 is 18.6 Å². The lowest BCUT2D eigenvalue weighted by Gasteiger charge is -2.46. The molecule has 2 aliphatic heterocycles. The quantitative estimate of drug-likeness (QED) is 0.196. The van der Waals surface area contributed by atoms with E-state index in [0.29, 0.717) is 11.1 Å². The Labute approximate surface area is 277 Å². The van der Waals surface area contributed by atoms with Crippen molar-refractivity contribution in [2.45, 2.75) is 49.4 Å². The first-order valence-corrected chi connectivity index (χ1v) is 16.7. The Hall–Kier alpha value is -5.98. The molecular formula is C42H30N4O2. The fourth-order valence-electron chi connectivity index (χ4n) is 9.19. The van der Waals surface area contributed by atoms with Gasteiger partial charge in [-0.05, 0) is 72.9 Å². The minimum absolute atomic E-state index is 0.0119. The first kappa shape index (κ1) is 27.2. The Morgan fingerprint density at radius 1 is 0.688 bits per heavy atom. The van der Waals surface area contributed by atoms with Gasteiger partial charge in [-0.15, -0.1) is 0 Å². The van der Waals surface area contributed by atoms with E-state index in [4.69, 9.17) is 9.15 Å². The van der Waals surface area contributed by atoms with Crippen molar-refractivity contribution in [1.29, 1.82) is 10.5 Å².